The van der Waals surface area contributed by atoms with Crippen LogP contribution in [-0.4, -0.2) is 16.7 Å². The van der Waals surface area contributed by atoms with Crippen molar-refractivity contribution in [2.45, 2.75) is 0 Å². The van der Waals surface area contributed by atoms with Crippen LogP contribution >= 0.6 is 0 Å². The number of hydrogen-bond donors (Lipinski definition) is 2. The molecule has 1 aliphatic carbocycles. The maximum Gasteiger partial charge on any atom is 0.142 e. The molecule has 0 spiro atoms. The zero-order chi connectivity index (χ0) is 8.67. The van der Waals surface area contributed by atoms with Crippen LogP contribution in [0.2, 0.25) is 0 Å². The molecule has 1 saturated heterocycles. The first-order valence-electron chi connectivity index (χ1n) is 4.36. The minimum Gasteiger partial charge on any atom is -0.264 e. The van der Waals surface area contributed by atoms with Crippen molar-refractivity contribution in [1.82, 2.24) is 15.6 Å². The van der Waals surface area contributed by atoms with E-state index in [0.29, 0.717) is 5.92 Å². The van der Waals surface area contributed by atoms with Crippen molar-refractivity contribution in [3.63, 3.8) is 0 Å². The smallest absolute Gasteiger partial charge is 0.142 e. The molecule has 0 bridgehead atoms. The summed E-state index contributed by atoms with van der Waals surface area (Å²) in [4.78, 5) is 0. The van der Waals surface area contributed by atoms with Gasteiger partial charge in [-0.3, -0.25) is 10.1 Å². The van der Waals surface area contributed by atoms with Gasteiger partial charge in [-0.1, -0.05) is 12.2 Å². The molecule has 66 valence electrons. The zero-order valence-corrected chi connectivity index (χ0v) is 7.07. The minimum absolute atomic E-state index is 0.531. The molecule has 3 rings (SSSR count). The van der Waals surface area contributed by atoms with Crippen LogP contribution in [0, 0.1) is 5.92 Å². The Labute approximate surface area is 75.9 Å². The predicted molar refractivity (Wildman–Crippen MR) is 49.8 cm³/mol. The second-order valence-electron chi connectivity index (χ2n) is 3.22. The van der Waals surface area contributed by atoms with Gasteiger partial charge in [0.1, 0.15) is 5.82 Å². The molecule has 2 heterocycles. The molecular formula is C9H10N4. The lowest BCUT2D eigenvalue weighted by Crippen LogP contribution is -2.29. The Morgan fingerprint density at radius 1 is 1.54 bits per heavy atom. The van der Waals surface area contributed by atoms with Gasteiger partial charge in [0, 0.05) is 24.2 Å². The Morgan fingerprint density at radius 3 is 3.38 bits per heavy atom. The quantitative estimate of drug-likeness (QED) is 0.662. The largest absolute Gasteiger partial charge is 0.264 e. The number of nitrogens with one attached hydrogen (secondary N) is 2. The number of H-pyrrole nitrogens is 1. The van der Waals surface area contributed by atoms with E-state index in [1.165, 1.54) is 5.70 Å². The van der Waals surface area contributed by atoms with Crippen molar-refractivity contribution in [2.75, 3.05) is 11.6 Å². The number of nitrogens with zero attached hydrogens (tertiary/aromatic N) is 2. The summed E-state index contributed by atoms with van der Waals surface area (Å²) in [6, 6.07) is 1.95. The van der Waals surface area contributed by atoms with E-state index in [0.717, 1.165) is 12.4 Å². The third-order valence-electron chi connectivity index (χ3n) is 2.44. The van der Waals surface area contributed by atoms with Gasteiger partial charge in [-0.25, -0.2) is 5.43 Å². The lowest BCUT2D eigenvalue weighted by Gasteiger charge is -2.16. The predicted octanol–water partition coefficient (Wildman–Crippen LogP) is 0.804. The normalized spacial score (nSPS) is 25.1. The molecule has 1 atom stereocenters. The summed E-state index contributed by atoms with van der Waals surface area (Å²) in [7, 11) is 0. The summed E-state index contributed by atoms with van der Waals surface area (Å²) in [5.74, 6) is 1.53. The number of aromatic amines is 1. The molecule has 0 amide bonds. The first-order valence-corrected chi connectivity index (χ1v) is 4.36. The van der Waals surface area contributed by atoms with Gasteiger partial charge in [-0.2, -0.15) is 5.10 Å². The van der Waals surface area contributed by atoms with Crippen LogP contribution in [0.4, 0.5) is 5.82 Å². The molecule has 1 aliphatic heterocycles. The first-order chi connectivity index (χ1) is 6.45. The topological polar surface area (TPSA) is 44.0 Å². The second-order valence-corrected chi connectivity index (χ2v) is 3.22. The van der Waals surface area contributed by atoms with E-state index in [1.54, 1.807) is 6.20 Å². The monoisotopic (exact) mass is 174 g/mol. The number of aromatic nitrogens is 2. The number of hydrogen-bond acceptors (Lipinski definition) is 3. The Hall–Kier alpha value is -1.55. The van der Waals surface area contributed by atoms with Crippen molar-refractivity contribution in [1.29, 1.82) is 0 Å². The van der Waals surface area contributed by atoms with E-state index < -0.39 is 0 Å². The molecule has 1 unspecified atom stereocenters. The van der Waals surface area contributed by atoms with E-state index >= 15 is 0 Å². The van der Waals surface area contributed by atoms with Crippen LogP contribution in [0.15, 0.2) is 36.2 Å². The van der Waals surface area contributed by atoms with Crippen LogP contribution in [0.1, 0.15) is 0 Å². The molecule has 2 N–H and O–H groups in total. The van der Waals surface area contributed by atoms with E-state index in [4.69, 9.17) is 0 Å². The fourth-order valence-corrected chi connectivity index (χ4v) is 1.80. The van der Waals surface area contributed by atoms with Crippen LogP contribution in [0.25, 0.3) is 0 Å². The fourth-order valence-electron chi connectivity index (χ4n) is 1.80. The molecule has 1 fully saturated rings. The third-order valence-corrected chi connectivity index (χ3v) is 2.44. The Morgan fingerprint density at radius 2 is 2.54 bits per heavy atom. The van der Waals surface area contributed by atoms with Crippen molar-refractivity contribution in [3.8, 4) is 0 Å². The van der Waals surface area contributed by atoms with Crippen molar-refractivity contribution >= 4 is 5.82 Å². The highest BCUT2D eigenvalue weighted by molar-refractivity contribution is 5.50. The summed E-state index contributed by atoms with van der Waals surface area (Å²) in [6.45, 7) is 0.974. The molecule has 0 radical (unpaired) electrons. The SMILES string of the molecule is C1=CC2CNN(c3ccn[nH]3)C2=C1. The van der Waals surface area contributed by atoms with E-state index in [1.807, 2.05) is 6.07 Å². The third kappa shape index (κ3) is 0.922. The van der Waals surface area contributed by atoms with Crippen molar-refractivity contribution in [2.24, 2.45) is 5.92 Å². The molecule has 0 saturated carbocycles. The summed E-state index contributed by atoms with van der Waals surface area (Å²) in [5.41, 5.74) is 4.60. The fraction of sp³-hybridized carbons (Fsp3) is 0.222. The summed E-state index contributed by atoms with van der Waals surface area (Å²) < 4.78 is 0. The maximum absolute atomic E-state index is 3.93. The van der Waals surface area contributed by atoms with Gasteiger partial charge in [0.25, 0.3) is 0 Å². The molecule has 4 nitrogen and oxygen atoms in total. The van der Waals surface area contributed by atoms with Gasteiger partial charge in [-0.05, 0) is 6.08 Å². The Balaban J connectivity index is 1.95. The highest BCUT2D eigenvalue weighted by atomic mass is 15.6. The number of fused-ring (bicyclic) bond motifs is 1. The van der Waals surface area contributed by atoms with Gasteiger partial charge < -0.3 is 0 Å². The number of allylic oxidation sites excluding steroid dienone is 2. The lowest BCUT2D eigenvalue weighted by molar-refractivity contribution is 0.752. The van der Waals surface area contributed by atoms with Crippen molar-refractivity contribution in [3.05, 3.63) is 36.2 Å². The zero-order valence-electron chi connectivity index (χ0n) is 7.07. The molecular weight excluding hydrogens is 164 g/mol. The second kappa shape index (κ2) is 2.47. The minimum atomic E-state index is 0.531. The van der Waals surface area contributed by atoms with E-state index in [-0.39, 0.29) is 0 Å². The average Bonchev–Trinajstić information content (AvgIpc) is 2.79. The molecule has 2 aliphatic rings. The van der Waals surface area contributed by atoms with Crippen LogP contribution < -0.4 is 10.4 Å². The standard InChI is InChI=1S/C9H10N4/c1-2-7-6-11-13(8(7)3-1)9-4-5-10-12-9/h1-5,7,11H,6H2,(H,10,12). The van der Waals surface area contributed by atoms with Gasteiger partial charge in [0.2, 0.25) is 0 Å². The molecule has 1 aromatic heterocycles. The molecule has 0 aromatic carbocycles. The van der Waals surface area contributed by atoms with Gasteiger partial charge in [0.15, 0.2) is 0 Å². The van der Waals surface area contributed by atoms with Crippen LogP contribution in [-0.2, 0) is 0 Å². The number of hydrazine groups is 1. The van der Waals surface area contributed by atoms with Crippen LogP contribution in [0.5, 0.6) is 0 Å². The Bertz CT molecular complexity index is 363. The van der Waals surface area contributed by atoms with Gasteiger partial charge in [-0.15, -0.1) is 0 Å². The Kier molecular flexibility index (Phi) is 1.31. The molecule has 1 aromatic rings. The lowest BCUT2D eigenvalue weighted by atomic mass is 10.1. The summed E-state index contributed by atoms with van der Waals surface area (Å²) in [6.07, 6.45) is 8.20. The summed E-state index contributed by atoms with van der Waals surface area (Å²) in [5, 5.41) is 8.92. The highest BCUT2D eigenvalue weighted by Crippen LogP contribution is 2.29. The van der Waals surface area contributed by atoms with E-state index in [9.17, 15) is 0 Å². The maximum atomic E-state index is 3.93. The number of rotatable bonds is 1. The molecule has 13 heavy (non-hydrogen) atoms. The van der Waals surface area contributed by atoms with E-state index in [2.05, 4.69) is 38.9 Å². The molecule has 4 heteroatoms. The summed E-state index contributed by atoms with van der Waals surface area (Å²) >= 11 is 0. The van der Waals surface area contributed by atoms with Gasteiger partial charge in [0.05, 0.1) is 6.20 Å². The van der Waals surface area contributed by atoms with Gasteiger partial charge >= 0.3 is 0 Å². The average molecular weight is 174 g/mol. The van der Waals surface area contributed by atoms with Crippen molar-refractivity contribution < 1.29 is 0 Å². The van der Waals surface area contributed by atoms with Crippen LogP contribution in [0.3, 0.4) is 0 Å². The number of anilines is 1. The highest BCUT2D eigenvalue weighted by Gasteiger charge is 2.28. The first kappa shape index (κ1) is 6.91.